The summed E-state index contributed by atoms with van der Waals surface area (Å²) in [6.45, 7) is 13.4. The lowest BCUT2D eigenvalue weighted by atomic mass is 10.1. The van der Waals surface area contributed by atoms with Crippen molar-refractivity contribution in [1.82, 2.24) is 10.2 Å². The Morgan fingerprint density at radius 2 is 1.85 bits per heavy atom. The van der Waals surface area contributed by atoms with Gasteiger partial charge < -0.3 is 20.1 Å². The molecule has 0 radical (unpaired) electrons. The average Bonchev–Trinajstić information content (AvgIpc) is 3.12. The maximum atomic E-state index is 11.9. The molecule has 1 fully saturated rings. The van der Waals surface area contributed by atoms with Crippen LogP contribution in [0.1, 0.15) is 103 Å². The van der Waals surface area contributed by atoms with Crippen LogP contribution in [-0.4, -0.2) is 48.2 Å². The first-order chi connectivity index (χ1) is 15.8. The number of unbranched alkanes of at least 4 members (excludes halogenated alkanes) is 4. The molecule has 3 unspecified atom stereocenters. The van der Waals surface area contributed by atoms with Gasteiger partial charge in [0.1, 0.15) is 5.75 Å². The minimum atomic E-state index is -0.744. The number of benzene rings is 1. The van der Waals surface area contributed by atoms with Crippen LogP contribution in [0.5, 0.6) is 5.75 Å². The highest BCUT2D eigenvalue weighted by molar-refractivity contribution is 5.75. The first-order valence-corrected chi connectivity index (χ1v) is 12.9. The van der Waals surface area contributed by atoms with Gasteiger partial charge in [-0.25, -0.2) is 0 Å². The summed E-state index contributed by atoms with van der Waals surface area (Å²) in [5, 5.41) is 13.1. The van der Waals surface area contributed by atoms with Crippen LogP contribution < -0.4 is 10.1 Å². The Balaban J connectivity index is 0.000000568. The van der Waals surface area contributed by atoms with Gasteiger partial charge >= 0.3 is 0 Å². The molecular formula is C28H48N2O3. The molecule has 3 atom stereocenters. The van der Waals surface area contributed by atoms with Crippen molar-refractivity contribution in [2.45, 2.75) is 104 Å². The molecule has 2 N–H and O–H groups in total. The van der Waals surface area contributed by atoms with Gasteiger partial charge in [-0.3, -0.25) is 4.79 Å². The standard InChI is InChI=1S/C21H33NO3.C7H15N/c1-4-7-8-9-10-11-21(24)22-16-19(23)18-13-12-17(6-3)20(15-18)25-14-5-2;1-6-4-5-7(2)8(6)3/h6,12-13,15,19,23H,3-5,7-11,14,16H2,1-2H3,(H,22,24);6-7H,4-5H2,1-3H3. The van der Waals surface area contributed by atoms with Crippen molar-refractivity contribution < 1.29 is 14.6 Å². The zero-order chi connectivity index (χ0) is 24.6. The minimum Gasteiger partial charge on any atom is -0.493 e. The molecule has 0 aliphatic carbocycles. The quantitative estimate of drug-likeness (QED) is 0.348. The van der Waals surface area contributed by atoms with Crippen molar-refractivity contribution >= 4 is 12.0 Å². The Bertz CT molecular complexity index is 682. The van der Waals surface area contributed by atoms with Crippen molar-refractivity contribution in [2.75, 3.05) is 20.2 Å². The van der Waals surface area contributed by atoms with E-state index in [0.717, 1.165) is 48.2 Å². The van der Waals surface area contributed by atoms with Crippen LogP contribution in [0.3, 0.4) is 0 Å². The molecule has 1 amide bonds. The van der Waals surface area contributed by atoms with Crippen LogP contribution in [0.25, 0.3) is 6.08 Å². The van der Waals surface area contributed by atoms with Crippen LogP contribution in [0.4, 0.5) is 0 Å². The number of carbonyl (C=O) groups is 1. The number of likely N-dealkylation sites (tertiary alicyclic amines) is 1. The molecule has 33 heavy (non-hydrogen) atoms. The van der Waals surface area contributed by atoms with E-state index in [0.29, 0.717) is 13.0 Å². The number of hydrogen-bond acceptors (Lipinski definition) is 4. The molecule has 5 heteroatoms. The second kappa shape index (κ2) is 16.7. The summed E-state index contributed by atoms with van der Waals surface area (Å²) in [7, 11) is 2.21. The predicted octanol–water partition coefficient (Wildman–Crippen LogP) is 6.12. The second-order valence-corrected chi connectivity index (χ2v) is 9.27. The zero-order valence-corrected chi connectivity index (χ0v) is 21.7. The number of rotatable bonds is 13. The number of nitrogens with one attached hydrogen (secondary N) is 1. The summed E-state index contributed by atoms with van der Waals surface area (Å²) in [5.74, 6) is 0.719. The number of carbonyl (C=O) groups excluding carboxylic acids is 1. The third kappa shape index (κ3) is 11.2. The largest absolute Gasteiger partial charge is 0.493 e. The van der Waals surface area contributed by atoms with Gasteiger partial charge in [0.15, 0.2) is 0 Å². The molecule has 0 spiro atoms. The summed E-state index contributed by atoms with van der Waals surface area (Å²) < 4.78 is 5.71. The second-order valence-electron chi connectivity index (χ2n) is 9.27. The van der Waals surface area contributed by atoms with E-state index in [1.54, 1.807) is 6.08 Å². The third-order valence-electron chi connectivity index (χ3n) is 6.50. The zero-order valence-electron chi connectivity index (χ0n) is 21.7. The van der Waals surface area contributed by atoms with Gasteiger partial charge in [0, 0.05) is 30.6 Å². The van der Waals surface area contributed by atoms with Crippen LogP contribution in [0.15, 0.2) is 24.8 Å². The molecule has 0 saturated carbocycles. The summed E-state index contributed by atoms with van der Waals surface area (Å²) in [5.41, 5.74) is 1.64. The van der Waals surface area contributed by atoms with Crippen molar-refractivity contribution in [2.24, 2.45) is 0 Å². The number of ether oxygens (including phenoxy) is 1. The molecule has 5 nitrogen and oxygen atoms in total. The summed E-state index contributed by atoms with van der Waals surface area (Å²) >= 11 is 0. The fraction of sp³-hybridized carbons (Fsp3) is 0.679. The maximum absolute atomic E-state index is 11.9. The Morgan fingerprint density at radius 3 is 2.39 bits per heavy atom. The van der Waals surface area contributed by atoms with E-state index < -0.39 is 6.10 Å². The molecule has 1 aromatic rings. The SMILES string of the molecule is C=Cc1ccc(C(O)CNC(=O)CCCCCCC)cc1OCCC.CC1CCC(C)N1C. The number of aliphatic hydroxyl groups is 1. The third-order valence-corrected chi connectivity index (χ3v) is 6.50. The van der Waals surface area contributed by atoms with Crippen LogP contribution in [0.2, 0.25) is 0 Å². The Morgan fingerprint density at radius 1 is 1.18 bits per heavy atom. The van der Waals surface area contributed by atoms with E-state index in [1.807, 2.05) is 25.1 Å². The molecular weight excluding hydrogens is 412 g/mol. The predicted molar refractivity (Wildman–Crippen MR) is 140 cm³/mol. The molecule has 1 aromatic carbocycles. The Hall–Kier alpha value is -1.85. The lowest BCUT2D eigenvalue weighted by molar-refractivity contribution is -0.121. The van der Waals surface area contributed by atoms with E-state index in [9.17, 15) is 9.90 Å². The summed E-state index contributed by atoms with van der Waals surface area (Å²) in [4.78, 5) is 14.3. The first kappa shape index (κ1) is 29.2. The van der Waals surface area contributed by atoms with Crippen molar-refractivity contribution in [3.63, 3.8) is 0 Å². The van der Waals surface area contributed by atoms with Crippen molar-refractivity contribution in [1.29, 1.82) is 0 Å². The number of aliphatic hydroxyl groups excluding tert-OH is 1. The fourth-order valence-electron chi connectivity index (χ4n) is 3.89. The van der Waals surface area contributed by atoms with E-state index >= 15 is 0 Å². The van der Waals surface area contributed by atoms with E-state index in [1.165, 1.54) is 32.1 Å². The van der Waals surface area contributed by atoms with Gasteiger partial charge in [-0.2, -0.15) is 0 Å². The molecule has 1 aliphatic rings. The lowest BCUT2D eigenvalue weighted by Gasteiger charge is -2.18. The van der Waals surface area contributed by atoms with Gasteiger partial charge in [-0.15, -0.1) is 0 Å². The molecule has 188 valence electrons. The number of nitrogens with zero attached hydrogens (tertiary/aromatic N) is 1. The lowest BCUT2D eigenvalue weighted by Crippen LogP contribution is -2.28. The minimum absolute atomic E-state index is 0.000664. The molecule has 1 aliphatic heterocycles. The first-order valence-electron chi connectivity index (χ1n) is 12.9. The van der Waals surface area contributed by atoms with Gasteiger partial charge in [0.05, 0.1) is 12.7 Å². The Kier molecular flexibility index (Phi) is 14.8. The monoisotopic (exact) mass is 460 g/mol. The van der Waals surface area contributed by atoms with Crippen molar-refractivity contribution in [3.8, 4) is 5.75 Å². The summed E-state index contributed by atoms with van der Waals surface area (Å²) in [6, 6.07) is 7.20. The summed E-state index contributed by atoms with van der Waals surface area (Å²) in [6.07, 6.45) is 10.8. The molecule has 0 aromatic heterocycles. The number of amides is 1. The fourth-order valence-corrected chi connectivity index (χ4v) is 3.89. The maximum Gasteiger partial charge on any atom is 0.220 e. The van der Waals surface area contributed by atoms with Crippen LogP contribution in [-0.2, 0) is 4.79 Å². The Labute approximate surface area is 202 Å². The van der Waals surface area contributed by atoms with Crippen LogP contribution in [0, 0.1) is 0 Å². The molecule has 2 rings (SSSR count). The van der Waals surface area contributed by atoms with Gasteiger partial charge in [0.25, 0.3) is 0 Å². The molecule has 0 bridgehead atoms. The normalized spacial score (nSPS) is 18.8. The van der Waals surface area contributed by atoms with Gasteiger partial charge in [0.2, 0.25) is 5.91 Å². The van der Waals surface area contributed by atoms with Gasteiger partial charge in [-0.05, 0) is 58.2 Å². The topological polar surface area (TPSA) is 61.8 Å². The van der Waals surface area contributed by atoms with Crippen molar-refractivity contribution in [3.05, 3.63) is 35.9 Å². The van der Waals surface area contributed by atoms with E-state index in [4.69, 9.17) is 4.74 Å². The van der Waals surface area contributed by atoms with Gasteiger partial charge in [-0.1, -0.05) is 64.3 Å². The molecule has 1 heterocycles. The smallest absolute Gasteiger partial charge is 0.220 e. The van der Waals surface area contributed by atoms with E-state index in [-0.39, 0.29) is 12.5 Å². The molecule has 1 saturated heterocycles. The average molecular weight is 461 g/mol. The van der Waals surface area contributed by atoms with E-state index in [2.05, 4.69) is 44.6 Å². The van der Waals surface area contributed by atoms with Crippen LogP contribution >= 0.6 is 0 Å². The highest BCUT2D eigenvalue weighted by atomic mass is 16.5. The number of hydrogen-bond donors (Lipinski definition) is 2. The highest BCUT2D eigenvalue weighted by Gasteiger charge is 2.22. The highest BCUT2D eigenvalue weighted by Crippen LogP contribution is 2.25.